The first-order valence-corrected chi connectivity index (χ1v) is 5.04. The summed E-state index contributed by atoms with van der Waals surface area (Å²) in [5.74, 6) is 0.344. The van der Waals surface area contributed by atoms with Crippen molar-refractivity contribution in [1.82, 2.24) is 4.90 Å². The molecule has 1 fully saturated rings. The Balaban J connectivity index is 2.17. The summed E-state index contributed by atoms with van der Waals surface area (Å²) in [6, 6.07) is 0. The summed E-state index contributed by atoms with van der Waals surface area (Å²) < 4.78 is 5.55. The molecular weight excluding hydrogens is 166 g/mol. The van der Waals surface area contributed by atoms with E-state index in [0.29, 0.717) is 18.6 Å². The molecule has 1 atom stereocenters. The highest BCUT2D eigenvalue weighted by Gasteiger charge is 2.17. The Morgan fingerprint density at radius 3 is 3.00 bits per heavy atom. The van der Waals surface area contributed by atoms with E-state index in [1.165, 1.54) is 0 Å². The van der Waals surface area contributed by atoms with Gasteiger partial charge >= 0.3 is 0 Å². The smallest absolute Gasteiger partial charge is 0.132 e. The van der Waals surface area contributed by atoms with Crippen molar-refractivity contribution in [2.75, 3.05) is 26.7 Å². The topological polar surface area (TPSA) is 29.5 Å². The minimum atomic E-state index is 0.272. The lowest BCUT2D eigenvalue weighted by atomic mass is 10.1. The van der Waals surface area contributed by atoms with Gasteiger partial charge in [0.15, 0.2) is 0 Å². The van der Waals surface area contributed by atoms with Gasteiger partial charge in [0.25, 0.3) is 0 Å². The van der Waals surface area contributed by atoms with Gasteiger partial charge in [-0.3, -0.25) is 4.79 Å². The van der Waals surface area contributed by atoms with Gasteiger partial charge in [-0.1, -0.05) is 6.92 Å². The van der Waals surface area contributed by atoms with Crippen LogP contribution in [-0.2, 0) is 9.53 Å². The minimum Gasteiger partial charge on any atom is -0.376 e. The fraction of sp³-hybridized carbons (Fsp3) is 0.900. The molecule has 1 rings (SSSR count). The molecule has 0 amide bonds. The molecule has 0 aliphatic carbocycles. The second kappa shape index (κ2) is 5.35. The van der Waals surface area contributed by atoms with Crippen LogP contribution in [0.5, 0.6) is 0 Å². The van der Waals surface area contributed by atoms with E-state index in [1.807, 2.05) is 6.92 Å². The average Bonchev–Trinajstić information content (AvgIpc) is 2.14. The standard InChI is InChI=1S/C10H19NO2/c1-3-9(12)4-5-10-8-11(2)6-7-13-10/h10H,3-8H2,1-2H3. The van der Waals surface area contributed by atoms with Crippen LogP contribution in [0.2, 0.25) is 0 Å². The number of ether oxygens (including phenoxy) is 1. The number of carbonyl (C=O) groups is 1. The second-order valence-corrected chi connectivity index (χ2v) is 3.69. The van der Waals surface area contributed by atoms with Gasteiger partial charge in [0.05, 0.1) is 12.7 Å². The Kier molecular flexibility index (Phi) is 4.39. The molecule has 0 radical (unpaired) electrons. The molecule has 1 aliphatic rings. The van der Waals surface area contributed by atoms with Gasteiger partial charge in [-0.05, 0) is 13.5 Å². The number of ketones is 1. The number of hydrogen-bond acceptors (Lipinski definition) is 3. The number of likely N-dealkylation sites (N-methyl/N-ethyl adjacent to an activating group) is 1. The highest BCUT2D eigenvalue weighted by molar-refractivity contribution is 5.77. The molecule has 0 bridgehead atoms. The Morgan fingerprint density at radius 2 is 2.38 bits per heavy atom. The Morgan fingerprint density at radius 1 is 1.62 bits per heavy atom. The first kappa shape index (κ1) is 10.7. The van der Waals surface area contributed by atoms with E-state index in [4.69, 9.17) is 4.74 Å². The van der Waals surface area contributed by atoms with Crippen molar-refractivity contribution < 1.29 is 9.53 Å². The summed E-state index contributed by atoms with van der Waals surface area (Å²) in [4.78, 5) is 13.3. The molecule has 0 aromatic carbocycles. The van der Waals surface area contributed by atoms with Crippen molar-refractivity contribution >= 4 is 5.78 Å². The lowest BCUT2D eigenvalue weighted by Crippen LogP contribution is -2.40. The van der Waals surface area contributed by atoms with E-state index in [0.717, 1.165) is 26.1 Å². The molecule has 0 aromatic heterocycles. The van der Waals surface area contributed by atoms with Crippen molar-refractivity contribution in [2.45, 2.75) is 32.3 Å². The summed E-state index contributed by atoms with van der Waals surface area (Å²) in [5.41, 5.74) is 0. The number of morpholine rings is 1. The van der Waals surface area contributed by atoms with Crippen molar-refractivity contribution in [3.05, 3.63) is 0 Å². The van der Waals surface area contributed by atoms with E-state index < -0.39 is 0 Å². The van der Waals surface area contributed by atoms with Crippen LogP contribution in [0.4, 0.5) is 0 Å². The number of rotatable bonds is 4. The van der Waals surface area contributed by atoms with Gasteiger partial charge in [-0.2, -0.15) is 0 Å². The highest BCUT2D eigenvalue weighted by atomic mass is 16.5. The lowest BCUT2D eigenvalue weighted by molar-refractivity contribution is -0.120. The second-order valence-electron chi connectivity index (χ2n) is 3.69. The molecule has 0 N–H and O–H groups in total. The molecule has 76 valence electrons. The van der Waals surface area contributed by atoms with Gasteiger partial charge < -0.3 is 9.64 Å². The normalized spacial score (nSPS) is 24.6. The molecule has 0 saturated carbocycles. The molecule has 1 heterocycles. The average molecular weight is 185 g/mol. The Labute approximate surface area is 80.1 Å². The number of hydrogen-bond donors (Lipinski definition) is 0. The molecule has 1 saturated heterocycles. The van der Waals surface area contributed by atoms with Crippen LogP contribution >= 0.6 is 0 Å². The van der Waals surface area contributed by atoms with Gasteiger partial charge in [0.1, 0.15) is 5.78 Å². The van der Waals surface area contributed by atoms with Crippen molar-refractivity contribution in [2.24, 2.45) is 0 Å². The Bertz CT molecular complexity index is 170. The van der Waals surface area contributed by atoms with Gasteiger partial charge in [0.2, 0.25) is 0 Å². The third-order valence-electron chi connectivity index (χ3n) is 2.48. The molecule has 1 unspecified atom stereocenters. The summed E-state index contributed by atoms with van der Waals surface area (Å²) >= 11 is 0. The zero-order valence-electron chi connectivity index (χ0n) is 8.58. The quantitative estimate of drug-likeness (QED) is 0.656. The maximum Gasteiger partial charge on any atom is 0.132 e. The predicted molar refractivity (Wildman–Crippen MR) is 51.8 cm³/mol. The van der Waals surface area contributed by atoms with Crippen LogP contribution in [-0.4, -0.2) is 43.5 Å². The Hall–Kier alpha value is -0.410. The van der Waals surface area contributed by atoms with Crippen LogP contribution in [0.3, 0.4) is 0 Å². The molecular formula is C10H19NO2. The van der Waals surface area contributed by atoms with E-state index >= 15 is 0 Å². The fourth-order valence-corrected chi connectivity index (χ4v) is 1.54. The largest absolute Gasteiger partial charge is 0.376 e. The number of carbonyl (C=O) groups excluding carboxylic acids is 1. The number of Topliss-reactive ketones (excluding diaryl/α,β-unsaturated/α-hetero) is 1. The van der Waals surface area contributed by atoms with Crippen LogP contribution < -0.4 is 0 Å². The van der Waals surface area contributed by atoms with E-state index in [9.17, 15) is 4.79 Å². The summed E-state index contributed by atoms with van der Waals surface area (Å²) in [6.07, 6.45) is 2.49. The van der Waals surface area contributed by atoms with Crippen LogP contribution in [0.15, 0.2) is 0 Å². The van der Waals surface area contributed by atoms with E-state index in [-0.39, 0.29) is 6.10 Å². The molecule has 3 nitrogen and oxygen atoms in total. The molecule has 0 spiro atoms. The zero-order valence-corrected chi connectivity index (χ0v) is 8.58. The molecule has 1 aliphatic heterocycles. The highest BCUT2D eigenvalue weighted by Crippen LogP contribution is 2.09. The predicted octanol–water partition coefficient (Wildman–Crippen LogP) is 1.08. The first-order chi connectivity index (χ1) is 6.22. The summed E-state index contributed by atoms with van der Waals surface area (Å²) in [5, 5.41) is 0. The van der Waals surface area contributed by atoms with Crippen molar-refractivity contribution in [1.29, 1.82) is 0 Å². The lowest BCUT2D eigenvalue weighted by Gasteiger charge is -2.29. The fourth-order valence-electron chi connectivity index (χ4n) is 1.54. The zero-order chi connectivity index (χ0) is 9.68. The van der Waals surface area contributed by atoms with E-state index in [1.54, 1.807) is 0 Å². The third kappa shape index (κ3) is 3.87. The summed E-state index contributed by atoms with van der Waals surface area (Å²) in [7, 11) is 2.09. The maximum atomic E-state index is 11.1. The first-order valence-electron chi connectivity index (χ1n) is 5.04. The summed E-state index contributed by atoms with van der Waals surface area (Å²) in [6.45, 7) is 4.70. The third-order valence-corrected chi connectivity index (χ3v) is 2.48. The maximum absolute atomic E-state index is 11.1. The van der Waals surface area contributed by atoms with Gasteiger partial charge in [-0.25, -0.2) is 0 Å². The van der Waals surface area contributed by atoms with Gasteiger partial charge in [0, 0.05) is 25.9 Å². The molecule has 3 heteroatoms. The van der Waals surface area contributed by atoms with Crippen LogP contribution in [0.25, 0.3) is 0 Å². The van der Waals surface area contributed by atoms with Gasteiger partial charge in [-0.15, -0.1) is 0 Å². The monoisotopic (exact) mass is 185 g/mol. The number of nitrogens with zero attached hydrogens (tertiary/aromatic N) is 1. The molecule has 0 aromatic rings. The minimum absolute atomic E-state index is 0.272. The van der Waals surface area contributed by atoms with Crippen molar-refractivity contribution in [3.63, 3.8) is 0 Å². The van der Waals surface area contributed by atoms with E-state index in [2.05, 4.69) is 11.9 Å². The van der Waals surface area contributed by atoms with Crippen LogP contribution in [0.1, 0.15) is 26.2 Å². The van der Waals surface area contributed by atoms with Crippen molar-refractivity contribution in [3.8, 4) is 0 Å². The molecule has 13 heavy (non-hydrogen) atoms. The van der Waals surface area contributed by atoms with Crippen LogP contribution in [0, 0.1) is 0 Å². The SMILES string of the molecule is CCC(=O)CCC1CN(C)CCO1.